The highest BCUT2D eigenvalue weighted by atomic mass is 32.1. The van der Waals surface area contributed by atoms with Crippen molar-refractivity contribution in [2.24, 2.45) is 0 Å². The molecule has 102 valence electrons. The molecule has 3 aromatic rings. The standard InChI is InChI=1S/C13H13N5OS/c14-9-2-1-3-10(6-9)19-7-11-17-18-12(8-4-5-8)15-16-13(18)20-11/h1-3,6,8H,4-5,7,14H2. The zero-order valence-electron chi connectivity index (χ0n) is 10.7. The summed E-state index contributed by atoms with van der Waals surface area (Å²) < 4.78 is 7.54. The highest BCUT2D eigenvalue weighted by Gasteiger charge is 2.30. The lowest BCUT2D eigenvalue weighted by Crippen LogP contribution is -1.99. The van der Waals surface area contributed by atoms with E-state index in [0.29, 0.717) is 18.2 Å². The summed E-state index contributed by atoms with van der Waals surface area (Å²) in [5.74, 6) is 2.26. The van der Waals surface area contributed by atoms with E-state index in [1.54, 1.807) is 6.07 Å². The lowest BCUT2D eigenvalue weighted by atomic mass is 10.3. The molecule has 1 aromatic carbocycles. The minimum absolute atomic E-state index is 0.418. The molecule has 1 aliphatic rings. The van der Waals surface area contributed by atoms with Crippen molar-refractivity contribution >= 4 is 22.0 Å². The van der Waals surface area contributed by atoms with Crippen molar-refractivity contribution in [1.82, 2.24) is 19.8 Å². The summed E-state index contributed by atoms with van der Waals surface area (Å²) in [5.41, 5.74) is 6.41. The highest BCUT2D eigenvalue weighted by molar-refractivity contribution is 7.16. The number of hydrogen-bond donors (Lipinski definition) is 1. The van der Waals surface area contributed by atoms with Crippen molar-refractivity contribution in [1.29, 1.82) is 0 Å². The average molecular weight is 287 g/mol. The smallest absolute Gasteiger partial charge is 0.234 e. The van der Waals surface area contributed by atoms with Crippen molar-refractivity contribution in [3.05, 3.63) is 35.1 Å². The van der Waals surface area contributed by atoms with Gasteiger partial charge < -0.3 is 10.5 Å². The topological polar surface area (TPSA) is 78.3 Å². The lowest BCUT2D eigenvalue weighted by Gasteiger charge is -2.03. The van der Waals surface area contributed by atoms with Crippen molar-refractivity contribution < 1.29 is 4.74 Å². The summed E-state index contributed by atoms with van der Waals surface area (Å²) in [4.78, 5) is 0.832. The van der Waals surface area contributed by atoms with E-state index in [2.05, 4.69) is 15.3 Å². The summed E-state index contributed by atoms with van der Waals surface area (Å²) in [6, 6.07) is 7.38. The highest BCUT2D eigenvalue weighted by Crippen LogP contribution is 2.39. The molecular formula is C13H13N5OS. The van der Waals surface area contributed by atoms with Gasteiger partial charge in [0.25, 0.3) is 0 Å². The fourth-order valence-corrected chi connectivity index (χ4v) is 2.83. The second-order valence-corrected chi connectivity index (χ2v) is 5.92. The number of anilines is 1. The van der Waals surface area contributed by atoms with Gasteiger partial charge in [-0.15, -0.1) is 10.2 Å². The van der Waals surface area contributed by atoms with Crippen LogP contribution in [0.2, 0.25) is 0 Å². The molecule has 1 saturated carbocycles. The molecular weight excluding hydrogens is 274 g/mol. The van der Waals surface area contributed by atoms with Gasteiger partial charge in [0.15, 0.2) is 10.8 Å². The third-order valence-corrected chi connectivity index (χ3v) is 4.09. The molecule has 0 aliphatic heterocycles. The van der Waals surface area contributed by atoms with Crippen molar-refractivity contribution in [2.45, 2.75) is 25.4 Å². The molecule has 0 atom stereocenters. The van der Waals surface area contributed by atoms with Gasteiger partial charge in [-0.25, -0.2) is 0 Å². The number of fused-ring (bicyclic) bond motifs is 1. The van der Waals surface area contributed by atoms with E-state index in [9.17, 15) is 0 Å². The Morgan fingerprint density at radius 2 is 2.25 bits per heavy atom. The number of hydrogen-bond acceptors (Lipinski definition) is 6. The van der Waals surface area contributed by atoms with Crippen LogP contribution in [0.3, 0.4) is 0 Å². The molecule has 0 amide bonds. The third kappa shape index (κ3) is 2.09. The summed E-state index contributed by atoms with van der Waals surface area (Å²) in [7, 11) is 0. The lowest BCUT2D eigenvalue weighted by molar-refractivity contribution is 0.304. The van der Waals surface area contributed by atoms with Gasteiger partial charge in [0, 0.05) is 17.7 Å². The van der Waals surface area contributed by atoms with E-state index in [1.165, 1.54) is 24.2 Å². The Labute approximate surface area is 119 Å². The molecule has 7 heteroatoms. The number of aromatic nitrogens is 4. The molecule has 6 nitrogen and oxygen atoms in total. The molecule has 2 aromatic heterocycles. The zero-order chi connectivity index (χ0) is 13.5. The molecule has 1 aliphatic carbocycles. The number of nitrogen functional groups attached to an aromatic ring is 1. The maximum absolute atomic E-state index is 5.72. The van der Waals surface area contributed by atoms with E-state index in [0.717, 1.165) is 21.5 Å². The fraction of sp³-hybridized carbons (Fsp3) is 0.308. The van der Waals surface area contributed by atoms with Crippen LogP contribution in [0.4, 0.5) is 5.69 Å². The van der Waals surface area contributed by atoms with Crippen LogP contribution in [0.1, 0.15) is 29.6 Å². The van der Waals surface area contributed by atoms with E-state index >= 15 is 0 Å². The van der Waals surface area contributed by atoms with Crippen molar-refractivity contribution in [3.8, 4) is 5.75 Å². The van der Waals surface area contributed by atoms with Gasteiger partial charge >= 0.3 is 0 Å². The van der Waals surface area contributed by atoms with Gasteiger partial charge in [0.2, 0.25) is 4.96 Å². The first-order valence-electron chi connectivity index (χ1n) is 6.49. The molecule has 0 spiro atoms. The average Bonchev–Trinajstić information content (AvgIpc) is 3.07. The van der Waals surface area contributed by atoms with Gasteiger partial charge in [0.1, 0.15) is 12.4 Å². The van der Waals surface area contributed by atoms with Crippen LogP contribution in [0.5, 0.6) is 5.75 Å². The van der Waals surface area contributed by atoms with Gasteiger partial charge in [-0.3, -0.25) is 0 Å². The second-order valence-electron chi connectivity index (χ2n) is 4.88. The first kappa shape index (κ1) is 11.7. The molecule has 2 heterocycles. The van der Waals surface area contributed by atoms with Crippen LogP contribution < -0.4 is 10.5 Å². The van der Waals surface area contributed by atoms with E-state index in [-0.39, 0.29) is 0 Å². The van der Waals surface area contributed by atoms with Crippen LogP contribution in [-0.4, -0.2) is 19.8 Å². The molecule has 0 radical (unpaired) electrons. The molecule has 1 fully saturated rings. The molecule has 0 unspecified atom stereocenters. The Balaban J connectivity index is 1.54. The second kappa shape index (κ2) is 4.45. The fourth-order valence-electron chi connectivity index (χ4n) is 2.08. The summed E-state index contributed by atoms with van der Waals surface area (Å²) >= 11 is 1.51. The zero-order valence-corrected chi connectivity index (χ0v) is 11.5. The monoisotopic (exact) mass is 287 g/mol. The normalized spacial score (nSPS) is 14.8. The van der Waals surface area contributed by atoms with Crippen LogP contribution in [-0.2, 0) is 6.61 Å². The van der Waals surface area contributed by atoms with Crippen molar-refractivity contribution in [2.75, 3.05) is 5.73 Å². The Morgan fingerprint density at radius 3 is 3.05 bits per heavy atom. The first-order chi connectivity index (χ1) is 9.79. The summed E-state index contributed by atoms with van der Waals surface area (Å²) in [6.07, 6.45) is 2.38. The predicted octanol–water partition coefficient (Wildman–Crippen LogP) is 2.22. The summed E-state index contributed by atoms with van der Waals surface area (Å²) in [5, 5.41) is 13.8. The molecule has 4 rings (SSSR count). The number of nitrogens with zero attached hydrogens (tertiary/aromatic N) is 4. The first-order valence-corrected chi connectivity index (χ1v) is 7.30. The summed E-state index contributed by atoms with van der Waals surface area (Å²) in [6.45, 7) is 0.418. The van der Waals surface area contributed by atoms with Crippen molar-refractivity contribution in [3.63, 3.8) is 0 Å². The minimum atomic E-state index is 0.418. The van der Waals surface area contributed by atoms with Crippen LogP contribution in [0, 0.1) is 0 Å². The van der Waals surface area contributed by atoms with Gasteiger partial charge in [0.05, 0.1) is 0 Å². The molecule has 2 N–H and O–H groups in total. The maximum Gasteiger partial charge on any atom is 0.234 e. The minimum Gasteiger partial charge on any atom is -0.486 e. The number of benzene rings is 1. The van der Waals surface area contributed by atoms with Crippen LogP contribution in [0.15, 0.2) is 24.3 Å². The largest absolute Gasteiger partial charge is 0.486 e. The van der Waals surface area contributed by atoms with Crippen LogP contribution >= 0.6 is 11.3 Å². The van der Waals surface area contributed by atoms with E-state index in [1.807, 2.05) is 22.7 Å². The van der Waals surface area contributed by atoms with Gasteiger partial charge in [-0.1, -0.05) is 17.4 Å². The predicted molar refractivity (Wildman–Crippen MR) is 75.8 cm³/mol. The number of nitrogens with two attached hydrogens (primary N) is 1. The Kier molecular flexibility index (Phi) is 2.59. The Morgan fingerprint density at radius 1 is 1.35 bits per heavy atom. The Bertz CT molecular complexity index is 761. The molecule has 0 saturated heterocycles. The number of ether oxygens (including phenoxy) is 1. The number of rotatable bonds is 4. The van der Waals surface area contributed by atoms with Gasteiger partial charge in [-0.05, 0) is 25.0 Å². The molecule has 20 heavy (non-hydrogen) atoms. The van der Waals surface area contributed by atoms with E-state index in [4.69, 9.17) is 10.5 Å². The Hall–Kier alpha value is -2.15. The van der Waals surface area contributed by atoms with Crippen LogP contribution in [0.25, 0.3) is 4.96 Å². The third-order valence-electron chi connectivity index (χ3n) is 3.22. The van der Waals surface area contributed by atoms with E-state index < -0.39 is 0 Å². The quantitative estimate of drug-likeness (QED) is 0.744. The SMILES string of the molecule is Nc1cccc(OCc2nn3c(C4CC4)nnc3s2)c1. The molecule has 0 bridgehead atoms. The van der Waals surface area contributed by atoms with Gasteiger partial charge in [-0.2, -0.15) is 9.61 Å². The maximum atomic E-state index is 5.72.